The van der Waals surface area contributed by atoms with Crippen LogP contribution in [0.25, 0.3) is 0 Å². The van der Waals surface area contributed by atoms with E-state index in [0.717, 1.165) is 0 Å². The van der Waals surface area contributed by atoms with Gasteiger partial charge < -0.3 is 14.3 Å². The third-order valence-electron chi connectivity index (χ3n) is 0.799. The lowest BCUT2D eigenvalue weighted by atomic mass is 10.6. The Morgan fingerprint density at radius 1 is 1.78 bits per heavy atom. The summed E-state index contributed by atoms with van der Waals surface area (Å²) in [7, 11) is 0. The lowest BCUT2D eigenvalue weighted by molar-refractivity contribution is 0.542. The molecule has 0 aliphatic rings. The Bertz CT molecular complexity index is 196. The molecule has 4 nitrogen and oxygen atoms in total. The molecule has 1 atom stereocenters. The minimum absolute atomic E-state index is 0.545. The Hall–Kier alpha value is -0.810. The smallest absolute Gasteiger partial charge is 0.0627 e. The number of nitrogens with one attached hydrogen (secondary N) is 2. The van der Waals surface area contributed by atoms with Gasteiger partial charge in [-0.2, -0.15) is 0 Å². The summed E-state index contributed by atoms with van der Waals surface area (Å²) in [6.07, 6.45) is 3.19. The van der Waals surface area contributed by atoms with E-state index in [2.05, 4.69) is 9.71 Å². The molecule has 2 N–H and O–H groups in total. The quantitative estimate of drug-likeness (QED) is 0.584. The van der Waals surface area contributed by atoms with Crippen LogP contribution in [0.5, 0.6) is 0 Å². The molecule has 1 aromatic rings. The van der Waals surface area contributed by atoms with E-state index >= 15 is 0 Å². The molecule has 1 rings (SSSR count). The van der Waals surface area contributed by atoms with Crippen molar-refractivity contribution in [2.45, 2.75) is 0 Å². The molecule has 9 heavy (non-hydrogen) atoms. The summed E-state index contributed by atoms with van der Waals surface area (Å²) >= 11 is -2.21. The zero-order valence-corrected chi connectivity index (χ0v) is 5.27. The Kier molecular flexibility index (Phi) is 1.86. The fourth-order valence-electron chi connectivity index (χ4n) is 0.484. The first-order valence-electron chi connectivity index (χ1n) is 2.28. The summed E-state index contributed by atoms with van der Waals surface area (Å²) in [5.41, 5.74) is 0.545. The van der Waals surface area contributed by atoms with E-state index in [-0.39, 0.29) is 0 Å². The number of rotatable bonds is 2. The highest BCUT2D eigenvalue weighted by Crippen LogP contribution is 2.02. The number of hydrogen-bond donors (Lipinski definition) is 2. The minimum atomic E-state index is -2.21. The van der Waals surface area contributed by atoms with Crippen molar-refractivity contribution in [1.29, 1.82) is 0 Å². The van der Waals surface area contributed by atoms with Crippen molar-refractivity contribution in [2.24, 2.45) is 0 Å². The van der Waals surface area contributed by atoms with Gasteiger partial charge in [-0.25, -0.2) is 0 Å². The molecule has 0 saturated heterocycles. The molecule has 0 aliphatic carbocycles. The van der Waals surface area contributed by atoms with E-state index in [4.69, 9.17) is 0 Å². The van der Waals surface area contributed by atoms with Crippen molar-refractivity contribution >= 4 is 17.0 Å². The molecular weight excluding hydrogens is 140 g/mol. The van der Waals surface area contributed by atoms with Crippen molar-refractivity contribution in [1.82, 2.24) is 4.98 Å². The Morgan fingerprint density at radius 2 is 2.56 bits per heavy atom. The van der Waals surface area contributed by atoms with Gasteiger partial charge in [0.2, 0.25) is 0 Å². The van der Waals surface area contributed by atoms with Gasteiger partial charge in [0.15, 0.2) is 0 Å². The molecule has 0 aliphatic heterocycles. The number of aromatic nitrogens is 1. The lowest BCUT2D eigenvalue weighted by Crippen LogP contribution is -2.00. The molecule has 0 spiro atoms. The molecule has 0 amide bonds. The molecule has 0 bridgehead atoms. The lowest BCUT2D eigenvalue weighted by Gasteiger charge is -2.03. The average Bonchev–Trinajstić information content (AvgIpc) is 2.15. The van der Waals surface area contributed by atoms with Crippen LogP contribution in [0.1, 0.15) is 0 Å². The SMILES string of the molecule is O=S([O-])Nc1cc[nH]c1. The molecule has 0 fully saturated rings. The van der Waals surface area contributed by atoms with Crippen LogP contribution in [0.2, 0.25) is 0 Å². The zero-order chi connectivity index (χ0) is 6.69. The van der Waals surface area contributed by atoms with E-state index in [1.54, 1.807) is 18.5 Å². The summed E-state index contributed by atoms with van der Waals surface area (Å²) in [5.74, 6) is 0. The summed E-state index contributed by atoms with van der Waals surface area (Å²) in [4.78, 5) is 2.70. The standard InChI is InChI=1S/C4H6N2O2S/c7-9(8)6-4-1-2-5-3-4/h1-3,5-6H,(H,7,8)/p-1. The first-order chi connectivity index (χ1) is 4.29. The maximum absolute atomic E-state index is 9.94. The number of anilines is 1. The highest BCUT2D eigenvalue weighted by molar-refractivity contribution is 7.80. The number of hydrogen-bond acceptors (Lipinski definition) is 2. The first kappa shape index (κ1) is 6.31. The first-order valence-corrected chi connectivity index (χ1v) is 3.35. The van der Waals surface area contributed by atoms with Gasteiger partial charge in [-0.15, -0.1) is 0 Å². The van der Waals surface area contributed by atoms with E-state index in [1.807, 2.05) is 0 Å². The predicted octanol–water partition coefficient (Wildman–Crippen LogP) is 0.221. The van der Waals surface area contributed by atoms with Crippen LogP contribution in [0.4, 0.5) is 5.69 Å². The molecule has 50 valence electrons. The highest BCUT2D eigenvalue weighted by Gasteiger charge is 1.85. The monoisotopic (exact) mass is 145 g/mol. The van der Waals surface area contributed by atoms with Crippen molar-refractivity contribution in [3.8, 4) is 0 Å². The fourth-order valence-corrected chi connectivity index (χ4v) is 0.803. The van der Waals surface area contributed by atoms with Gasteiger partial charge in [0.05, 0.1) is 5.69 Å². The van der Waals surface area contributed by atoms with Crippen LogP contribution in [0.3, 0.4) is 0 Å². The Balaban J connectivity index is 2.58. The second-order valence-electron chi connectivity index (χ2n) is 1.44. The molecule has 1 unspecified atom stereocenters. The van der Waals surface area contributed by atoms with E-state index in [1.165, 1.54) is 0 Å². The van der Waals surface area contributed by atoms with Gasteiger partial charge in [-0.1, -0.05) is 0 Å². The molecule has 0 radical (unpaired) electrons. The van der Waals surface area contributed by atoms with Gasteiger partial charge in [-0.05, 0) is 6.07 Å². The Labute approximate surface area is 54.7 Å². The molecular formula is C4H5N2O2S-. The van der Waals surface area contributed by atoms with Crippen LogP contribution in [0.15, 0.2) is 18.5 Å². The van der Waals surface area contributed by atoms with Crippen LogP contribution in [0, 0.1) is 0 Å². The normalized spacial score (nSPS) is 13.0. The van der Waals surface area contributed by atoms with Gasteiger partial charge in [0.1, 0.15) is 0 Å². The molecule has 0 saturated carbocycles. The topological polar surface area (TPSA) is 67.9 Å². The largest absolute Gasteiger partial charge is 0.755 e. The van der Waals surface area contributed by atoms with Crippen molar-refractivity contribution < 1.29 is 8.76 Å². The maximum Gasteiger partial charge on any atom is 0.0627 e. The van der Waals surface area contributed by atoms with E-state index < -0.39 is 11.3 Å². The van der Waals surface area contributed by atoms with Crippen LogP contribution < -0.4 is 4.72 Å². The van der Waals surface area contributed by atoms with Gasteiger partial charge in [0.25, 0.3) is 0 Å². The minimum Gasteiger partial charge on any atom is -0.755 e. The molecule has 1 aromatic heterocycles. The second-order valence-corrected chi connectivity index (χ2v) is 2.11. The summed E-state index contributed by atoms with van der Waals surface area (Å²) in [6, 6.07) is 1.62. The molecule has 0 aromatic carbocycles. The summed E-state index contributed by atoms with van der Waals surface area (Å²) in [6.45, 7) is 0. The average molecular weight is 145 g/mol. The summed E-state index contributed by atoms with van der Waals surface area (Å²) < 4.78 is 22.1. The van der Waals surface area contributed by atoms with Crippen LogP contribution >= 0.6 is 0 Å². The number of H-pyrrole nitrogens is 1. The zero-order valence-electron chi connectivity index (χ0n) is 4.46. The van der Waals surface area contributed by atoms with Gasteiger partial charge >= 0.3 is 0 Å². The summed E-state index contributed by atoms with van der Waals surface area (Å²) in [5, 5.41) is 0. The second kappa shape index (κ2) is 2.65. The van der Waals surface area contributed by atoms with Crippen molar-refractivity contribution in [3.63, 3.8) is 0 Å². The van der Waals surface area contributed by atoms with E-state index in [9.17, 15) is 8.76 Å². The van der Waals surface area contributed by atoms with Crippen LogP contribution in [-0.2, 0) is 11.3 Å². The van der Waals surface area contributed by atoms with Crippen molar-refractivity contribution in [2.75, 3.05) is 4.72 Å². The van der Waals surface area contributed by atoms with E-state index in [0.29, 0.717) is 5.69 Å². The molecule has 1 heterocycles. The third-order valence-corrected chi connectivity index (χ3v) is 1.20. The maximum atomic E-state index is 9.94. The highest BCUT2D eigenvalue weighted by atomic mass is 32.2. The van der Waals surface area contributed by atoms with Crippen LogP contribution in [-0.4, -0.2) is 13.7 Å². The fraction of sp³-hybridized carbons (Fsp3) is 0. The third kappa shape index (κ3) is 1.87. The Morgan fingerprint density at radius 3 is 3.00 bits per heavy atom. The van der Waals surface area contributed by atoms with Gasteiger partial charge in [-0.3, -0.25) is 4.21 Å². The van der Waals surface area contributed by atoms with Crippen molar-refractivity contribution in [3.05, 3.63) is 18.5 Å². The molecule has 5 heteroatoms. The predicted molar refractivity (Wildman–Crippen MR) is 33.3 cm³/mol. The van der Waals surface area contributed by atoms with Gasteiger partial charge in [0, 0.05) is 23.7 Å². The number of aromatic amines is 1.